The maximum Gasteiger partial charge on any atom is 0.123 e. The predicted octanol–water partition coefficient (Wildman–Crippen LogP) is 5.64. The van der Waals surface area contributed by atoms with Crippen molar-refractivity contribution in [3.63, 3.8) is 0 Å². The number of benzene rings is 3. The highest BCUT2D eigenvalue weighted by Gasteiger charge is 2.42. The average molecular weight is 498 g/mol. The number of hydrogen-bond donors (Lipinski definition) is 1. The minimum atomic E-state index is -1.26. The Morgan fingerprint density at radius 3 is 1.49 bits per heavy atom. The molecule has 1 heterocycles. The molecule has 1 N–H and O–H groups in total. The Morgan fingerprint density at radius 2 is 1.09 bits per heavy atom. The second kappa shape index (κ2) is 12.3. The summed E-state index contributed by atoms with van der Waals surface area (Å²) in [4.78, 5) is 2.48. The summed E-state index contributed by atoms with van der Waals surface area (Å²) in [6.45, 7) is 2.85. The van der Waals surface area contributed by atoms with Crippen LogP contribution in [0.1, 0.15) is 41.9 Å². The summed E-state index contributed by atoms with van der Waals surface area (Å²) >= 11 is 0. The molecule has 0 amide bonds. The van der Waals surface area contributed by atoms with E-state index in [4.69, 9.17) is 14.2 Å². The Balaban J connectivity index is 0.00000342. The third-order valence-corrected chi connectivity index (χ3v) is 6.97. The number of aliphatic hydroxyl groups is 1. The second-order valence-corrected chi connectivity index (χ2v) is 8.91. The van der Waals surface area contributed by atoms with Gasteiger partial charge in [0, 0.05) is 12.5 Å². The first-order valence-electron chi connectivity index (χ1n) is 12.0. The van der Waals surface area contributed by atoms with Crippen LogP contribution in [0.2, 0.25) is 0 Å². The molecule has 188 valence electrons. The van der Waals surface area contributed by atoms with Gasteiger partial charge in [-0.3, -0.25) is 0 Å². The Kier molecular flexibility index (Phi) is 9.44. The van der Waals surface area contributed by atoms with Crippen molar-refractivity contribution in [2.75, 3.05) is 41.0 Å². The zero-order valence-electron chi connectivity index (χ0n) is 20.8. The summed E-state index contributed by atoms with van der Waals surface area (Å²) in [5, 5.41) is 12.7. The summed E-state index contributed by atoms with van der Waals surface area (Å²) in [6, 6.07) is 23.6. The largest absolute Gasteiger partial charge is 0.497 e. The van der Waals surface area contributed by atoms with E-state index in [2.05, 4.69) is 17.0 Å². The molecule has 0 aromatic heterocycles. The minimum Gasteiger partial charge on any atom is -0.497 e. The van der Waals surface area contributed by atoms with E-state index in [-0.39, 0.29) is 18.3 Å². The van der Waals surface area contributed by atoms with E-state index in [1.807, 2.05) is 60.7 Å². The van der Waals surface area contributed by atoms with Gasteiger partial charge in [-0.05, 0) is 79.0 Å². The van der Waals surface area contributed by atoms with E-state index >= 15 is 0 Å². The first-order chi connectivity index (χ1) is 16.6. The third kappa shape index (κ3) is 5.92. The third-order valence-electron chi connectivity index (χ3n) is 6.97. The molecule has 0 bridgehead atoms. The van der Waals surface area contributed by atoms with Gasteiger partial charge in [0.25, 0.3) is 0 Å². The smallest absolute Gasteiger partial charge is 0.123 e. The zero-order chi connectivity index (χ0) is 24.0. The topological polar surface area (TPSA) is 51.2 Å². The van der Waals surface area contributed by atoms with E-state index in [0.29, 0.717) is 0 Å². The second-order valence-electron chi connectivity index (χ2n) is 8.91. The lowest BCUT2D eigenvalue weighted by Gasteiger charge is -2.41. The van der Waals surface area contributed by atoms with Crippen molar-refractivity contribution >= 4 is 12.4 Å². The van der Waals surface area contributed by atoms with Gasteiger partial charge in [0.1, 0.15) is 22.8 Å². The minimum absolute atomic E-state index is 0. The Bertz CT molecular complexity index is 984. The summed E-state index contributed by atoms with van der Waals surface area (Å²) in [5.41, 5.74) is 1.47. The fourth-order valence-corrected chi connectivity index (χ4v) is 4.97. The molecule has 1 atom stereocenters. The van der Waals surface area contributed by atoms with E-state index in [1.165, 1.54) is 19.3 Å². The Hall–Kier alpha value is -2.73. The van der Waals surface area contributed by atoms with Gasteiger partial charge in [-0.1, -0.05) is 42.8 Å². The van der Waals surface area contributed by atoms with Crippen molar-refractivity contribution in [3.05, 3.63) is 89.5 Å². The highest BCUT2D eigenvalue weighted by Crippen LogP contribution is 2.44. The van der Waals surface area contributed by atoms with Gasteiger partial charge in [-0.25, -0.2) is 0 Å². The molecule has 0 radical (unpaired) electrons. The number of hydrogen-bond acceptors (Lipinski definition) is 5. The van der Waals surface area contributed by atoms with Crippen LogP contribution in [0.3, 0.4) is 0 Å². The first kappa shape index (κ1) is 26.9. The molecule has 0 saturated carbocycles. The molecule has 1 fully saturated rings. The van der Waals surface area contributed by atoms with Crippen LogP contribution in [0.5, 0.6) is 17.2 Å². The van der Waals surface area contributed by atoms with Crippen LogP contribution in [0.15, 0.2) is 72.8 Å². The molecular weight excluding hydrogens is 462 g/mol. The molecule has 6 heteroatoms. The SMILES string of the molecule is COc1ccc(C(CN2CCCCC2)C(O)(c2ccc(OC)cc2)c2ccc(OC)cc2)cc1.Cl. The molecule has 5 nitrogen and oxygen atoms in total. The monoisotopic (exact) mass is 497 g/mol. The Morgan fingerprint density at radius 1 is 0.686 bits per heavy atom. The van der Waals surface area contributed by atoms with Crippen LogP contribution in [0, 0.1) is 0 Å². The number of piperidine rings is 1. The maximum absolute atomic E-state index is 12.7. The van der Waals surface area contributed by atoms with Gasteiger partial charge >= 0.3 is 0 Å². The molecule has 1 aliphatic heterocycles. The quantitative estimate of drug-likeness (QED) is 0.414. The number of methoxy groups -OCH3 is 3. The van der Waals surface area contributed by atoms with Gasteiger partial charge in [0.05, 0.1) is 21.3 Å². The lowest BCUT2D eigenvalue weighted by molar-refractivity contribution is 0.0309. The summed E-state index contributed by atoms with van der Waals surface area (Å²) < 4.78 is 16.2. The van der Waals surface area contributed by atoms with E-state index < -0.39 is 5.60 Å². The predicted molar refractivity (Wildman–Crippen MR) is 142 cm³/mol. The molecule has 0 aliphatic carbocycles. The molecule has 3 aromatic carbocycles. The molecule has 0 spiro atoms. The van der Waals surface area contributed by atoms with Gasteiger partial charge < -0.3 is 24.2 Å². The average Bonchev–Trinajstić information content (AvgIpc) is 2.92. The lowest BCUT2D eigenvalue weighted by Crippen LogP contribution is -2.43. The van der Waals surface area contributed by atoms with Crippen LogP contribution in [-0.4, -0.2) is 51.0 Å². The van der Waals surface area contributed by atoms with Gasteiger partial charge in [0.2, 0.25) is 0 Å². The van der Waals surface area contributed by atoms with Crippen molar-refractivity contribution in [2.45, 2.75) is 30.8 Å². The number of rotatable bonds is 9. The molecule has 35 heavy (non-hydrogen) atoms. The normalized spacial score (nSPS) is 15.1. The molecule has 1 aliphatic rings. The van der Waals surface area contributed by atoms with Crippen LogP contribution in [0.4, 0.5) is 0 Å². The molecule has 3 aromatic rings. The van der Waals surface area contributed by atoms with E-state index in [9.17, 15) is 5.11 Å². The standard InChI is InChI=1S/C29H35NO4.ClH/c1-32-25-13-7-22(8-14-25)28(21-30-19-5-4-6-20-30)29(31,23-9-15-26(33-2)16-10-23)24-11-17-27(34-3)18-12-24;/h7-18,28,31H,4-6,19-21H2,1-3H3;1H. The summed E-state index contributed by atoms with van der Waals surface area (Å²) in [5.74, 6) is 2.13. The molecule has 1 unspecified atom stereocenters. The first-order valence-corrected chi connectivity index (χ1v) is 12.0. The van der Waals surface area contributed by atoms with E-state index in [0.717, 1.165) is 53.6 Å². The highest BCUT2D eigenvalue weighted by molar-refractivity contribution is 5.85. The molecule has 4 rings (SSSR count). The Labute approximate surface area is 215 Å². The van der Waals surface area contributed by atoms with Crippen LogP contribution < -0.4 is 14.2 Å². The number of nitrogens with zero attached hydrogens (tertiary/aromatic N) is 1. The number of likely N-dealkylation sites (tertiary alicyclic amines) is 1. The van der Waals surface area contributed by atoms with Crippen molar-refractivity contribution in [2.24, 2.45) is 0 Å². The van der Waals surface area contributed by atoms with Crippen molar-refractivity contribution in [1.82, 2.24) is 4.90 Å². The lowest BCUT2D eigenvalue weighted by atomic mass is 9.72. The molecular formula is C29H36ClNO4. The van der Waals surface area contributed by atoms with Crippen molar-refractivity contribution in [1.29, 1.82) is 0 Å². The van der Waals surface area contributed by atoms with Crippen LogP contribution >= 0.6 is 12.4 Å². The zero-order valence-corrected chi connectivity index (χ0v) is 21.6. The van der Waals surface area contributed by atoms with Gasteiger partial charge in [0.15, 0.2) is 0 Å². The summed E-state index contributed by atoms with van der Waals surface area (Å²) in [6.07, 6.45) is 3.66. The van der Waals surface area contributed by atoms with Gasteiger partial charge in [-0.15, -0.1) is 12.4 Å². The number of halogens is 1. The fraction of sp³-hybridized carbons (Fsp3) is 0.379. The van der Waals surface area contributed by atoms with Gasteiger partial charge in [-0.2, -0.15) is 0 Å². The van der Waals surface area contributed by atoms with Crippen molar-refractivity contribution < 1.29 is 19.3 Å². The van der Waals surface area contributed by atoms with Crippen LogP contribution in [0.25, 0.3) is 0 Å². The fourth-order valence-electron chi connectivity index (χ4n) is 4.97. The van der Waals surface area contributed by atoms with Crippen molar-refractivity contribution in [3.8, 4) is 17.2 Å². The number of ether oxygens (including phenoxy) is 3. The maximum atomic E-state index is 12.7. The molecule has 1 saturated heterocycles. The van der Waals surface area contributed by atoms with E-state index in [1.54, 1.807) is 21.3 Å². The highest BCUT2D eigenvalue weighted by atomic mass is 35.5. The summed E-state index contributed by atoms with van der Waals surface area (Å²) in [7, 11) is 4.98. The van der Waals surface area contributed by atoms with Crippen LogP contribution in [-0.2, 0) is 5.60 Å².